The van der Waals surface area contributed by atoms with E-state index in [0.29, 0.717) is 0 Å². The Morgan fingerprint density at radius 2 is 1.56 bits per heavy atom. The van der Waals surface area contributed by atoms with E-state index in [1.807, 2.05) is 6.92 Å². The Morgan fingerprint density at radius 3 is 1.92 bits per heavy atom. The second-order valence-corrected chi connectivity index (χ2v) is 7.52. The van der Waals surface area contributed by atoms with Crippen LogP contribution in [0.15, 0.2) is 48.0 Å². The standard InChI is InChI=1S/C14H25N.C9H17N/c1-8-10-14(12(5)9-2)15(7)13(6)11(3)4;1-8(2)10-6-4-9(3)5-7-10/h3,6,8-10H2,1-2,4-5,7H3;9H,1,4-7H2,2-3H3/b14-12+;. The van der Waals surface area contributed by atoms with Crippen LogP contribution in [0.1, 0.15) is 73.6 Å². The average Bonchev–Trinajstić information content (AvgIpc) is 2.58. The highest BCUT2D eigenvalue weighted by Crippen LogP contribution is 2.23. The number of nitrogens with zero attached hydrogens (tertiary/aromatic N) is 2. The van der Waals surface area contributed by atoms with Crippen molar-refractivity contribution >= 4 is 0 Å². The first kappa shape index (κ1) is 23.6. The summed E-state index contributed by atoms with van der Waals surface area (Å²) in [5.41, 5.74) is 6.13. The van der Waals surface area contributed by atoms with Gasteiger partial charge in [-0.25, -0.2) is 0 Å². The lowest BCUT2D eigenvalue weighted by molar-refractivity contribution is 0.238. The first-order chi connectivity index (χ1) is 11.6. The molecule has 144 valence electrons. The van der Waals surface area contributed by atoms with E-state index in [1.54, 1.807) is 0 Å². The molecule has 0 radical (unpaired) electrons. The van der Waals surface area contributed by atoms with E-state index < -0.39 is 0 Å². The van der Waals surface area contributed by atoms with Crippen molar-refractivity contribution in [3.63, 3.8) is 0 Å². The molecule has 0 saturated carbocycles. The number of piperidine rings is 1. The van der Waals surface area contributed by atoms with Crippen molar-refractivity contribution in [1.82, 2.24) is 9.80 Å². The zero-order valence-corrected chi connectivity index (χ0v) is 18.0. The Labute approximate surface area is 158 Å². The van der Waals surface area contributed by atoms with Crippen LogP contribution in [0.4, 0.5) is 0 Å². The molecule has 0 bridgehead atoms. The van der Waals surface area contributed by atoms with Crippen LogP contribution in [-0.2, 0) is 0 Å². The summed E-state index contributed by atoms with van der Waals surface area (Å²) in [6.45, 7) is 27.4. The van der Waals surface area contributed by atoms with Crippen molar-refractivity contribution in [2.45, 2.75) is 73.6 Å². The zero-order chi connectivity index (χ0) is 19.6. The van der Waals surface area contributed by atoms with Gasteiger partial charge in [-0.1, -0.05) is 52.5 Å². The summed E-state index contributed by atoms with van der Waals surface area (Å²) in [6.07, 6.45) is 6.06. The van der Waals surface area contributed by atoms with Crippen LogP contribution >= 0.6 is 0 Å². The first-order valence-electron chi connectivity index (χ1n) is 9.83. The summed E-state index contributed by atoms with van der Waals surface area (Å²) < 4.78 is 0. The van der Waals surface area contributed by atoms with E-state index in [4.69, 9.17) is 0 Å². The van der Waals surface area contributed by atoms with Gasteiger partial charge in [0.1, 0.15) is 0 Å². The van der Waals surface area contributed by atoms with Crippen LogP contribution in [0.25, 0.3) is 0 Å². The third-order valence-corrected chi connectivity index (χ3v) is 5.14. The minimum atomic E-state index is 0.926. The molecule has 2 heteroatoms. The highest BCUT2D eigenvalue weighted by Gasteiger charge is 2.14. The molecule has 0 aromatic carbocycles. The molecule has 0 atom stereocenters. The molecule has 0 N–H and O–H groups in total. The Kier molecular flexibility index (Phi) is 11.3. The van der Waals surface area contributed by atoms with Gasteiger partial charge in [0, 0.05) is 37.2 Å². The van der Waals surface area contributed by atoms with E-state index >= 15 is 0 Å². The van der Waals surface area contributed by atoms with Crippen LogP contribution in [0.3, 0.4) is 0 Å². The van der Waals surface area contributed by atoms with Gasteiger partial charge in [-0.05, 0) is 57.9 Å². The van der Waals surface area contributed by atoms with Crippen molar-refractivity contribution in [1.29, 1.82) is 0 Å². The normalized spacial score (nSPS) is 15.7. The molecule has 0 aromatic rings. The molecule has 0 aliphatic carbocycles. The van der Waals surface area contributed by atoms with E-state index in [9.17, 15) is 0 Å². The van der Waals surface area contributed by atoms with E-state index in [1.165, 1.54) is 49.3 Å². The Hall–Kier alpha value is -1.44. The minimum Gasteiger partial charge on any atom is -0.376 e. The number of likely N-dealkylation sites (tertiary alicyclic amines) is 1. The van der Waals surface area contributed by atoms with E-state index in [2.05, 4.69) is 71.2 Å². The van der Waals surface area contributed by atoms with Gasteiger partial charge in [0.05, 0.1) is 0 Å². The lowest BCUT2D eigenvalue weighted by Crippen LogP contribution is -2.30. The minimum absolute atomic E-state index is 0.926. The van der Waals surface area contributed by atoms with Gasteiger partial charge < -0.3 is 9.80 Å². The maximum atomic E-state index is 4.07. The van der Waals surface area contributed by atoms with E-state index in [-0.39, 0.29) is 0 Å². The molecule has 1 saturated heterocycles. The van der Waals surface area contributed by atoms with Crippen molar-refractivity contribution in [2.24, 2.45) is 5.92 Å². The lowest BCUT2D eigenvalue weighted by atomic mass is 9.99. The van der Waals surface area contributed by atoms with Crippen molar-refractivity contribution in [2.75, 3.05) is 20.1 Å². The molecule has 0 amide bonds. The number of allylic oxidation sites excluding steroid dienone is 4. The van der Waals surface area contributed by atoms with Crippen LogP contribution in [0.5, 0.6) is 0 Å². The Morgan fingerprint density at radius 1 is 1.04 bits per heavy atom. The number of rotatable bonds is 7. The Balaban J connectivity index is 0.000000496. The largest absolute Gasteiger partial charge is 0.376 e. The van der Waals surface area contributed by atoms with Gasteiger partial charge in [-0.2, -0.15) is 0 Å². The van der Waals surface area contributed by atoms with Gasteiger partial charge >= 0.3 is 0 Å². The van der Waals surface area contributed by atoms with Crippen LogP contribution < -0.4 is 0 Å². The maximum Gasteiger partial charge on any atom is 0.0356 e. The van der Waals surface area contributed by atoms with Crippen molar-refractivity contribution < 1.29 is 0 Å². The molecule has 25 heavy (non-hydrogen) atoms. The predicted molar refractivity (Wildman–Crippen MR) is 114 cm³/mol. The second kappa shape index (κ2) is 12.0. The maximum absolute atomic E-state index is 4.07. The van der Waals surface area contributed by atoms with Crippen LogP contribution in [0, 0.1) is 5.92 Å². The molecular formula is C23H42N2. The van der Waals surface area contributed by atoms with Gasteiger partial charge in [-0.15, -0.1) is 0 Å². The molecule has 1 aliphatic rings. The third-order valence-electron chi connectivity index (χ3n) is 5.14. The molecule has 1 fully saturated rings. The third kappa shape index (κ3) is 8.47. The molecule has 0 spiro atoms. The zero-order valence-electron chi connectivity index (χ0n) is 18.0. The SMILES string of the molecule is C=C(C)C(=C)N(C)/C(CCC)=C(\C)CC.C=C(C)N1CCC(C)CC1. The summed E-state index contributed by atoms with van der Waals surface area (Å²) in [5.74, 6) is 0.926. The fourth-order valence-electron chi connectivity index (χ4n) is 2.95. The fourth-order valence-corrected chi connectivity index (χ4v) is 2.95. The van der Waals surface area contributed by atoms with Gasteiger partial charge in [-0.3, -0.25) is 0 Å². The van der Waals surface area contributed by atoms with Crippen molar-refractivity contribution in [3.05, 3.63) is 48.0 Å². The smallest absolute Gasteiger partial charge is 0.0356 e. The highest BCUT2D eigenvalue weighted by atomic mass is 15.1. The summed E-state index contributed by atoms with van der Waals surface area (Å²) in [5, 5.41) is 0. The predicted octanol–water partition coefficient (Wildman–Crippen LogP) is 6.74. The average molecular weight is 347 g/mol. The number of hydrogen-bond acceptors (Lipinski definition) is 2. The van der Waals surface area contributed by atoms with Gasteiger partial charge in [0.15, 0.2) is 0 Å². The lowest BCUT2D eigenvalue weighted by Gasteiger charge is -2.32. The highest BCUT2D eigenvalue weighted by molar-refractivity contribution is 5.27. The monoisotopic (exact) mass is 346 g/mol. The van der Waals surface area contributed by atoms with Crippen LogP contribution in [0.2, 0.25) is 0 Å². The molecule has 1 aliphatic heterocycles. The molecule has 1 heterocycles. The summed E-state index contributed by atoms with van der Waals surface area (Å²) in [6, 6.07) is 0. The van der Waals surface area contributed by atoms with Gasteiger partial charge in [0.25, 0.3) is 0 Å². The summed E-state index contributed by atoms with van der Waals surface area (Å²) >= 11 is 0. The fraction of sp³-hybridized carbons (Fsp3) is 0.652. The molecule has 0 aromatic heterocycles. The molecule has 1 rings (SSSR count). The topological polar surface area (TPSA) is 6.48 Å². The van der Waals surface area contributed by atoms with Crippen LogP contribution in [-0.4, -0.2) is 29.9 Å². The second-order valence-electron chi connectivity index (χ2n) is 7.52. The number of hydrogen-bond donors (Lipinski definition) is 0. The Bertz CT molecular complexity index is 476. The molecule has 2 nitrogen and oxygen atoms in total. The van der Waals surface area contributed by atoms with E-state index in [0.717, 1.165) is 30.0 Å². The molecular weight excluding hydrogens is 304 g/mol. The number of likely N-dealkylation sites (N-methyl/N-ethyl adjacent to an activating group) is 1. The molecule has 0 unspecified atom stereocenters. The quantitative estimate of drug-likeness (QED) is 0.471. The summed E-state index contributed by atoms with van der Waals surface area (Å²) in [4.78, 5) is 4.56. The first-order valence-corrected chi connectivity index (χ1v) is 9.83. The summed E-state index contributed by atoms with van der Waals surface area (Å²) in [7, 11) is 2.08. The van der Waals surface area contributed by atoms with Gasteiger partial charge in [0.2, 0.25) is 0 Å². The van der Waals surface area contributed by atoms with Crippen molar-refractivity contribution in [3.8, 4) is 0 Å².